The maximum Gasteiger partial charge on any atom is 0.257 e. The molecular formula is C20H20N2O3. The summed E-state index contributed by atoms with van der Waals surface area (Å²) < 4.78 is 0. The summed E-state index contributed by atoms with van der Waals surface area (Å²) >= 11 is 0. The first-order valence-corrected chi connectivity index (χ1v) is 8.47. The van der Waals surface area contributed by atoms with Crippen molar-refractivity contribution in [2.45, 2.75) is 32.1 Å². The molecule has 0 atom stereocenters. The Morgan fingerprint density at radius 3 is 2.00 bits per heavy atom. The minimum atomic E-state index is -0.354. The molecule has 2 aromatic carbocycles. The number of anilines is 2. The van der Waals surface area contributed by atoms with E-state index in [2.05, 4.69) is 10.6 Å². The van der Waals surface area contributed by atoms with E-state index in [9.17, 15) is 14.4 Å². The number of carbonyl (C=O) groups is 3. The molecule has 5 nitrogen and oxygen atoms in total. The first kappa shape index (κ1) is 16.9. The van der Waals surface area contributed by atoms with E-state index < -0.39 is 0 Å². The second kappa shape index (κ2) is 7.75. The van der Waals surface area contributed by atoms with Gasteiger partial charge in [0.15, 0.2) is 5.78 Å². The van der Waals surface area contributed by atoms with Crippen molar-refractivity contribution in [1.29, 1.82) is 0 Å². The van der Waals surface area contributed by atoms with Crippen molar-refractivity contribution in [1.82, 2.24) is 0 Å². The Morgan fingerprint density at radius 2 is 1.24 bits per heavy atom. The van der Waals surface area contributed by atoms with Gasteiger partial charge in [-0.15, -0.1) is 0 Å². The van der Waals surface area contributed by atoms with Gasteiger partial charge in [-0.05, 0) is 37.1 Å². The summed E-state index contributed by atoms with van der Waals surface area (Å²) in [5.41, 5.74) is 1.87. The predicted octanol–water partition coefficient (Wildman–Crippen LogP) is 4.02. The molecule has 0 fully saturated rings. The van der Waals surface area contributed by atoms with Crippen LogP contribution in [0.3, 0.4) is 0 Å². The van der Waals surface area contributed by atoms with Gasteiger partial charge in [-0.25, -0.2) is 0 Å². The minimum Gasteiger partial charge on any atom is -0.325 e. The summed E-state index contributed by atoms with van der Waals surface area (Å²) in [5, 5.41) is 5.62. The van der Waals surface area contributed by atoms with E-state index in [1.165, 1.54) is 0 Å². The number of hydrogen-bond acceptors (Lipinski definition) is 3. The molecule has 25 heavy (non-hydrogen) atoms. The van der Waals surface area contributed by atoms with E-state index in [4.69, 9.17) is 0 Å². The van der Waals surface area contributed by atoms with Crippen molar-refractivity contribution in [3.8, 4) is 0 Å². The van der Waals surface area contributed by atoms with Crippen molar-refractivity contribution in [3.63, 3.8) is 0 Å². The first-order valence-electron chi connectivity index (χ1n) is 8.47. The van der Waals surface area contributed by atoms with Crippen molar-refractivity contribution >= 4 is 29.0 Å². The van der Waals surface area contributed by atoms with Gasteiger partial charge in [0.1, 0.15) is 0 Å². The average molecular weight is 336 g/mol. The quantitative estimate of drug-likeness (QED) is 0.763. The molecule has 0 spiro atoms. The molecule has 1 aliphatic heterocycles. The molecule has 0 aromatic heterocycles. The molecule has 5 heteroatoms. The molecule has 0 aliphatic carbocycles. The van der Waals surface area contributed by atoms with E-state index in [1.54, 1.807) is 48.5 Å². The molecule has 0 saturated heterocycles. The normalized spacial score (nSPS) is 16.1. The number of rotatable bonds is 0. The highest BCUT2D eigenvalue weighted by molar-refractivity contribution is 6.12. The fourth-order valence-corrected chi connectivity index (χ4v) is 2.91. The lowest BCUT2D eigenvalue weighted by atomic mass is 10.0. The summed E-state index contributed by atoms with van der Waals surface area (Å²) in [7, 11) is 0. The number of hydrogen-bond donors (Lipinski definition) is 2. The molecule has 0 saturated carbocycles. The van der Waals surface area contributed by atoms with Gasteiger partial charge >= 0.3 is 0 Å². The molecule has 128 valence electrons. The Morgan fingerprint density at radius 1 is 0.640 bits per heavy atom. The summed E-state index contributed by atoms with van der Waals surface area (Å²) in [5.74, 6) is -0.469. The summed E-state index contributed by atoms with van der Waals surface area (Å²) in [6, 6.07) is 13.9. The highest BCUT2D eigenvalue weighted by atomic mass is 16.2. The average Bonchev–Trinajstić information content (AvgIpc) is 2.61. The standard InChI is InChI=1S/C20H20N2O3/c23-18-12-2-1-3-13-19(24)21-17-11-7-5-9-15(17)20(25)22-16-10-6-4-8-14(16)18/h4-11H,1-3,12-13H2,(H,21,24)(H,22,25). The van der Waals surface area contributed by atoms with E-state index >= 15 is 0 Å². The summed E-state index contributed by atoms with van der Waals surface area (Å²) in [4.78, 5) is 37.2. The van der Waals surface area contributed by atoms with Gasteiger partial charge in [0.25, 0.3) is 5.91 Å². The van der Waals surface area contributed by atoms with Crippen LogP contribution in [0.2, 0.25) is 0 Å². The third kappa shape index (κ3) is 4.12. The van der Waals surface area contributed by atoms with Crippen LogP contribution in [-0.4, -0.2) is 17.6 Å². The van der Waals surface area contributed by atoms with Crippen LogP contribution >= 0.6 is 0 Å². The fraction of sp³-hybridized carbons (Fsp3) is 0.250. The van der Waals surface area contributed by atoms with Gasteiger partial charge in [-0.1, -0.05) is 30.7 Å². The molecule has 1 aliphatic rings. The predicted molar refractivity (Wildman–Crippen MR) is 96.9 cm³/mol. The zero-order valence-electron chi connectivity index (χ0n) is 13.9. The highest BCUT2D eigenvalue weighted by Crippen LogP contribution is 2.22. The number of para-hydroxylation sites is 2. The first-order chi connectivity index (χ1) is 12.1. The molecule has 2 amide bonds. The van der Waals surface area contributed by atoms with Gasteiger partial charge < -0.3 is 10.6 Å². The van der Waals surface area contributed by atoms with Gasteiger partial charge in [0, 0.05) is 18.4 Å². The summed E-state index contributed by atoms with van der Waals surface area (Å²) in [6.07, 6.45) is 3.04. The largest absolute Gasteiger partial charge is 0.325 e. The lowest BCUT2D eigenvalue weighted by Crippen LogP contribution is -2.19. The van der Waals surface area contributed by atoms with Crippen LogP contribution in [0.4, 0.5) is 11.4 Å². The van der Waals surface area contributed by atoms with Gasteiger partial charge in [0.2, 0.25) is 5.91 Å². The van der Waals surface area contributed by atoms with Crippen molar-refractivity contribution in [2.75, 3.05) is 10.6 Å². The van der Waals surface area contributed by atoms with E-state index in [1.807, 2.05) is 0 Å². The summed E-state index contributed by atoms with van der Waals surface area (Å²) in [6.45, 7) is 0. The number of amides is 2. The molecule has 2 aromatic rings. The van der Waals surface area contributed by atoms with Crippen LogP contribution < -0.4 is 10.6 Å². The molecule has 1 heterocycles. The highest BCUT2D eigenvalue weighted by Gasteiger charge is 2.17. The van der Waals surface area contributed by atoms with Crippen LogP contribution in [0.25, 0.3) is 0 Å². The molecular weight excluding hydrogens is 316 g/mol. The lowest BCUT2D eigenvalue weighted by molar-refractivity contribution is -0.116. The number of fused-ring (bicyclic) bond motifs is 2. The van der Waals surface area contributed by atoms with Crippen molar-refractivity contribution in [2.24, 2.45) is 0 Å². The SMILES string of the molecule is O=C1CCCCCC(=O)c2ccccc2NC(=O)c2ccccc2N1. The zero-order valence-corrected chi connectivity index (χ0v) is 13.9. The Bertz CT molecular complexity index is 814. The monoisotopic (exact) mass is 336 g/mol. The second-order valence-corrected chi connectivity index (χ2v) is 6.08. The number of nitrogens with one attached hydrogen (secondary N) is 2. The number of Topliss-reactive ketones (excluding diaryl/α,β-unsaturated/α-hetero) is 1. The van der Waals surface area contributed by atoms with Crippen LogP contribution in [0.15, 0.2) is 48.5 Å². The molecule has 0 radical (unpaired) electrons. The van der Waals surface area contributed by atoms with Crippen LogP contribution in [0.1, 0.15) is 52.8 Å². The molecule has 0 bridgehead atoms. The van der Waals surface area contributed by atoms with Crippen molar-refractivity contribution in [3.05, 3.63) is 59.7 Å². The smallest absolute Gasteiger partial charge is 0.257 e. The Kier molecular flexibility index (Phi) is 5.23. The van der Waals surface area contributed by atoms with Crippen LogP contribution in [0.5, 0.6) is 0 Å². The third-order valence-electron chi connectivity index (χ3n) is 4.23. The third-order valence-corrected chi connectivity index (χ3v) is 4.23. The minimum absolute atomic E-state index is 0.00527. The number of benzene rings is 2. The Hall–Kier alpha value is -2.95. The van der Waals surface area contributed by atoms with Crippen LogP contribution in [-0.2, 0) is 4.79 Å². The molecule has 3 rings (SSSR count). The second-order valence-electron chi connectivity index (χ2n) is 6.08. The maximum atomic E-state index is 12.7. The van der Waals surface area contributed by atoms with E-state index in [0.717, 1.165) is 19.3 Å². The number of ketones is 1. The van der Waals surface area contributed by atoms with Gasteiger partial charge in [-0.2, -0.15) is 0 Å². The van der Waals surface area contributed by atoms with Crippen molar-refractivity contribution < 1.29 is 14.4 Å². The Balaban J connectivity index is 1.97. The fourth-order valence-electron chi connectivity index (χ4n) is 2.91. The number of carbonyl (C=O) groups excluding carboxylic acids is 3. The maximum absolute atomic E-state index is 12.7. The molecule has 0 unspecified atom stereocenters. The molecule has 2 N–H and O–H groups in total. The van der Waals surface area contributed by atoms with Gasteiger partial charge in [-0.3, -0.25) is 14.4 Å². The Labute approximate surface area is 146 Å². The zero-order chi connectivity index (χ0) is 17.6. The lowest BCUT2D eigenvalue weighted by Gasteiger charge is -2.14. The van der Waals surface area contributed by atoms with E-state index in [0.29, 0.717) is 35.3 Å². The van der Waals surface area contributed by atoms with Crippen LogP contribution in [0, 0.1) is 0 Å². The van der Waals surface area contributed by atoms with E-state index in [-0.39, 0.29) is 17.6 Å². The topological polar surface area (TPSA) is 75.3 Å². The van der Waals surface area contributed by atoms with Gasteiger partial charge in [0.05, 0.1) is 16.9 Å².